The highest BCUT2D eigenvalue weighted by molar-refractivity contribution is 6.31. The topological polar surface area (TPSA) is 0 Å². The quantitative estimate of drug-likeness (QED) is 0.316. The van der Waals surface area contributed by atoms with Gasteiger partial charge in [-0.1, -0.05) is 74.9 Å². The molecule has 0 spiro atoms. The second-order valence-corrected chi connectivity index (χ2v) is 9.96. The molecule has 3 heteroatoms. The molecule has 0 amide bonds. The highest BCUT2D eigenvalue weighted by Crippen LogP contribution is 2.48. The predicted molar refractivity (Wildman–Crippen MR) is 122 cm³/mol. The van der Waals surface area contributed by atoms with Crippen LogP contribution in [0.25, 0.3) is 11.1 Å². The second kappa shape index (κ2) is 9.81. The van der Waals surface area contributed by atoms with E-state index in [1.807, 2.05) is 12.1 Å². The number of hydrogen-bond donors (Lipinski definition) is 0. The number of fused-ring (bicyclic) bond motifs is 1. The zero-order chi connectivity index (χ0) is 21.1. The van der Waals surface area contributed by atoms with Gasteiger partial charge in [-0.15, -0.1) is 0 Å². The fourth-order valence-corrected chi connectivity index (χ4v) is 6.01. The molecular weight excluding hydrogens is 398 g/mol. The van der Waals surface area contributed by atoms with Crippen molar-refractivity contribution in [3.63, 3.8) is 0 Å². The third kappa shape index (κ3) is 4.90. The molecule has 162 valence electrons. The molecule has 0 heterocycles. The van der Waals surface area contributed by atoms with E-state index in [-0.39, 0.29) is 0 Å². The minimum absolute atomic E-state index is 0.438. The lowest BCUT2D eigenvalue weighted by Crippen LogP contribution is -2.30. The summed E-state index contributed by atoms with van der Waals surface area (Å²) in [6.07, 6.45) is 13.8. The van der Waals surface area contributed by atoms with Gasteiger partial charge in [0, 0.05) is 0 Å². The summed E-state index contributed by atoms with van der Waals surface area (Å²) in [5.74, 6) is 1.98. The molecule has 2 aliphatic rings. The molecule has 4 rings (SSSR count). The molecule has 4 unspecified atom stereocenters. The van der Waals surface area contributed by atoms with Gasteiger partial charge in [0.1, 0.15) is 16.7 Å². The molecule has 2 saturated carbocycles. The molecule has 2 fully saturated rings. The van der Waals surface area contributed by atoms with E-state index in [2.05, 4.69) is 19.1 Å². The Kier molecular flexibility index (Phi) is 7.13. The van der Waals surface area contributed by atoms with E-state index in [1.165, 1.54) is 81.9 Å². The van der Waals surface area contributed by atoms with Crippen LogP contribution in [0.5, 0.6) is 0 Å². The first-order valence-corrected chi connectivity index (χ1v) is 12.2. The van der Waals surface area contributed by atoms with Gasteiger partial charge in [0.25, 0.3) is 0 Å². The highest BCUT2D eigenvalue weighted by Gasteiger charge is 2.35. The average molecular weight is 431 g/mol. The monoisotopic (exact) mass is 430 g/mol. The Bertz CT molecular complexity index is 821. The number of unbranched alkanes of at least 4 members (excludes halogenated alkanes) is 2. The van der Waals surface area contributed by atoms with Crippen molar-refractivity contribution in [1.29, 1.82) is 0 Å². The van der Waals surface area contributed by atoms with Crippen LogP contribution in [-0.2, 0) is 0 Å². The molecule has 4 atom stereocenters. The fourth-order valence-electron chi connectivity index (χ4n) is 5.90. The SMILES string of the molecule is CCCCCC1CCC2CC(c3ccc(-c4cc(F)c(Cl)c(F)c4)cc3)CCC2C1. The molecule has 0 N–H and O–H groups in total. The maximum atomic E-state index is 13.8. The van der Waals surface area contributed by atoms with Crippen LogP contribution in [0.2, 0.25) is 5.02 Å². The summed E-state index contributed by atoms with van der Waals surface area (Å²) in [5.41, 5.74) is 2.73. The van der Waals surface area contributed by atoms with E-state index in [0.717, 1.165) is 23.3 Å². The van der Waals surface area contributed by atoms with Gasteiger partial charge >= 0.3 is 0 Å². The van der Waals surface area contributed by atoms with E-state index in [4.69, 9.17) is 11.6 Å². The van der Waals surface area contributed by atoms with Crippen molar-refractivity contribution >= 4 is 11.6 Å². The van der Waals surface area contributed by atoms with Crippen LogP contribution >= 0.6 is 11.6 Å². The van der Waals surface area contributed by atoms with Gasteiger partial charge in [-0.25, -0.2) is 8.78 Å². The van der Waals surface area contributed by atoms with Gasteiger partial charge < -0.3 is 0 Å². The van der Waals surface area contributed by atoms with Crippen molar-refractivity contribution in [3.05, 3.63) is 58.6 Å². The zero-order valence-electron chi connectivity index (χ0n) is 18.0. The summed E-state index contributed by atoms with van der Waals surface area (Å²) in [4.78, 5) is 0. The molecule has 2 aromatic rings. The third-order valence-corrected chi connectivity index (χ3v) is 8.00. The summed E-state index contributed by atoms with van der Waals surface area (Å²) in [5, 5.41) is -0.438. The third-order valence-electron chi connectivity index (χ3n) is 7.64. The Morgan fingerprint density at radius 3 is 2.20 bits per heavy atom. The van der Waals surface area contributed by atoms with Crippen LogP contribution in [0.3, 0.4) is 0 Å². The predicted octanol–water partition coefficient (Wildman–Crippen LogP) is 9.17. The normalized spacial score (nSPS) is 26.4. The van der Waals surface area contributed by atoms with Gasteiger partial charge in [0.05, 0.1) is 0 Å². The number of benzene rings is 2. The molecule has 2 aromatic carbocycles. The van der Waals surface area contributed by atoms with E-state index < -0.39 is 16.7 Å². The van der Waals surface area contributed by atoms with E-state index >= 15 is 0 Å². The molecule has 0 saturated heterocycles. The first-order chi connectivity index (χ1) is 14.5. The van der Waals surface area contributed by atoms with Crippen LogP contribution in [0, 0.1) is 29.4 Å². The number of rotatable bonds is 6. The lowest BCUT2D eigenvalue weighted by molar-refractivity contribution is 0.113. The van der Waals surface area contributed by atoms with Gasteiger partial charge in [-0.3, -0.25) is 0 Å². The minimum atomic E-state index is -0.709. The maximum absolute atomic E-state index is 13.8. The van der Waals surface area contributed by atoms with Crippen LogP contribution in [-0.4, -0.2) is 0 Å². The fraction of sp³-hybridized carbons (Fsp3) is 0.556. The molecule has 30 heavy (non-hydrogen) atoms. The average Bonchev–Trinajstić information content (AvgIpc) is 2.77. The largest absolute Gasteiger partial charge is 0.205 e. The molecule has 0 aromatic heterocycles. The number of hydrogen-bond acceptors (Lipinski definition) is 0. The second-order valence-electron chi connectivity index (χ2n) is 9.58. The maximum Gasteiger partial charge on any atom is 0.145 e. The lowest BCUT2D eigenvalue weighted by atomic mass is 9.63. The number of halogens is 3. The Hall–Kier alpha value is -1.41. The highest BCUT2D eigenvalue weighted by atomic mass is 35.5. The molecule has 0 aliphatic heterocycles. The Morgan fingerprint density at radius 2 is 1.50 bits per heavy atom. The summed E-state index contributed by atoms with van der Waals surface area (Å²) in [6, 6.07) is 10.9. The van der Waals surface area contributed by atoms with Crippen molar-refractivity contribution in [3.8, 4) is 11.1 Å². The van der Waals surface area contributed by atoms with Crippen LogP contribution in [0.1, 0.15) is 82.6 Å². The standard InChI is InChI=1S/C27H33ClF2/c1-2-3-4-5-18-6-7-23-15-22(13-12-21(23)14-18)19-8-10-20(11-9-19)24-16-25(29)27(28)26(30)17-24/h8-11,16-18,21-23H,2-7,12-15H2,1H3. The van der Waals surface area contributed by atoms with Crippen molar-refractivity contribution in [2.45, 2.75) is 77.0 Å². The Labute approximate surface area is 185 Å². The minimum Gasteiger partial charge on any atom is -0.205 e. The first-order valence-electron chi connectivity index (χ1n) is 11.8. The van der Waals surface area contributed by atoms with Gasteiger partial charge in [0.15, 0.2) is 0 Å². The van der Waals surface area contributed by atoms with Crippen molar-refractivity contribution in [1.82, 2.24) is 0 Å². The van der Waals surface area contributed by atoms with Crippen LogP contribution in [0.4, 0.5) is 8.78 Å². The van der Waals surface area contributed by atoms with Crippen molar-refractivity contribution < 1.29 is 8.78 Å². The summed E-state index contributed by atoms with van der Waals surface area (Å²) in [7, 11) is 0. The smallest absolute Gasteiger partial charge is 0.145 e. The van der Waals surface area contributed by atoms with Crippen molar-refractivity contribution in [2.24, 2.45) is 17.8 Å². The molecular formula is C27H33ClF2. The van der Waals surface area contributed by atoms with E-state index in [1.54, 1.807) is 0 Å². The van der Waals surface area contributed by atoms with Crippen LogP contribution in [0.15, 0.2) is 36.4 Å². The molecule has 0 radical (unpaired) electrons. The molecule has 0 bridgehead atoms. The Balaban J connectivity index is 1.37. The Morgan fingerprint density at radius 1 is 0.833 bits per heavy atom. The van der Waals surface area contributed by atoms with E-state index in [9.17, 15) is 8.78 Å². The molecule has 2 aliphatic carbocycles. The summed E-state index contributed by atoms with van der Waals surface area (Å²) in [6.45, 7) is 2.29. The van der Waals surface area contributed by atoms with Gasteiger partial charge in [-0.05, 0) is 84.6 Å². The van der Waals surface area contributed by atoms with Gasteiger partial charge in [0.2, 0.25) is 0 Å². The van der Waals surface area contributed by atoms with Crippen molar-refractivity contribution in [2.75, 3.05) is 0 Å². The summed E-state index contributed by atoms with van der Waals surface area (Å²) < 4.78 is 27.6. The van der Waals surface area contributed by atoms with Gasteiger partial charge in [-0.2, -0.15) is 0 Å². The van der Waals surface area contributed by atoms with E-state index in [0.29, 0.717) is 11.5 Å². The van der Waals surface area contributed by atoms with Crippen LogP contribution < -0.4 is 0 Å². The first kappa shape index (κ1) is 21.8. The summed E-state index contributed by atoms with van der Waals surface area (Å²) >= 11 is 5.61. The lowest BCUT2D eigenvalue weighted by Gasteiger charge is -2.42. The zero-order valence-corrected chi connectivity index (χ0v) is 18.7. The molecule has 0 nitrogen and oxygen atoms in total.